The molecule has 1 aliphatic rings. The largest absolute Gasteiger partial charge is 0.462 e. The molecule has 0 aliphatic carbocycles. The quantitative estimate of drug-likeness (QED) is 0.533. The normalized spacial score (nSPS) is 23.5. The lowest BCUT2D eigenvalue weighted by Crippen LogP contribution is -2.32. The van der Waals surface area contributed by atoms with Crippen LogP contribution in [-0.4, -0.2) is 36.9 Å². The molecule has 1 aliphatic heterocycles. The minimum absolute atomic E-state index is 0.0987. The van der Waals surface area contributed by atoms with Gasteiger partial charge in [-0.05, 0) is 19.4 Å². The van der Waals surface area contributed by atoms with E-state index in [1.165, 1.54) is 0 Å². The van der Waals surface area contributed by atoms with E-state index in [1.807, 2.05) is 0 Å². The monoisotopic (exact) mass is 159 g/mol. The molecule has 1 fully saturated rings. The summed E-state index contributed by atoms with van der Waals surface area (Å²) in [5.74, 6) is -0.239. The van der Waals surface area contributed by atoms with Crippen LogP contribution in [0.5, 0.6) is 0 Å². The summed E-state index contributed by atoms with van der Waals surface area (Å²) in [6, 6.07) is -0.137. The van der Waals surface area contributed by atoms with Gasteiger partial charge in [0.25, 0.3) is 0 Å². The van der Waals surface area contributed by atoms with Crippen molar-refractivity contribution in [3.63, 3.8) is 0 Å². The number of aliphatic hydroxyl groups excluding tert-OH is 1. The van der Waals surface area contributed by atoms with Crippen LogP contribution < -0.4 is 5.32 Å². The zero-order chi connectivity index (χ0) is 8.10. The highest BCUT2D eigenvalue weighted by atomic mass is 16.5. The average Bonchev–Trinajstić information content (AvgIpc) is 2.52. The number of carbonyl (C=O) groups excluding carboxylic acids is 1. The number of nitrogens with one attached hydrogen (secondary N) is 1. The van der Waals surface area contributed by atoms with Crippen LogP contribution in [0.25, 0.3) is 0 Å². The van der Waals surface area contributed by atoms with Crippen molar-refractivity contribution in [3.05, 3.63) is 0 Å². The molecule has 0 aromatic rings. The fourth-order valence-electron chi connectivity index (χ4n) is 1.13. The zero-order valence-electron chi connectivity index (χ0n) is 6.38. The van der Waals surface area contributed by atoms with Crippen LogP contribution in [0.3, 0.4) is 0 Å². The summed E-state index contributed by atoms with van der Waals surface area (Å²) in [7, 11) is 0. The molecule has 11 heavy (non-hydrogen) atoms. The van der Waals surface area contributed by atoms with E-state index in [1.54, 1.807) is 0 Å². The van der Waals surface area contributed by atoms with E-state index in [2.05, 4.69) is 5.32 Å². The molecule has 1 saturated heterocycles. The van der Waals surface area contributed by atoms with E-state index >= 15 is 0 Å². The second-order valence-electron chi connectivity index (χ2n) is 2.54. The van der Waals surface area contributed by atoms with Gasteiger partial charge in [0.1, 0.15) is 12.6 Å². The van der Waals surface area contributed by atoms with Gasteiger partial charge in [-0.25, -0.2) is 0 Å². The van der Waals surface area contributed by atoms with E-state index in [4.69, 9.17) is 9.84 Å². The van der Waals surface area contributed by atoms with Crippen LogP contribution in [-0.2, 0) is 9.53 Å². The maximum Gasteiger partial charge on any atom is 0.323 e. The Hall–Kier alpha value is -0.610. The molecule has 1 rings (SSSR count). The van der Waals surface area contributed by atoms with E-state index < -0.39 is 0 Å². The SMILES string of the molecule is O=C(OCCO)C1CCCN1. The van der Waals surface area contributed by atoms with Crippen molar-refractivity contribution in [2.45, 2.75) is 18.9 Å². The second-order valence-corrected chi connectivity index (χ2v) is 2.54. The highest BCUT2D eigenvalue weighted by Crippen LogP contribution is 2.05. The lowest BCUT2D eigenvalue weighted by Gasteiger charge is -2.08. The van der Waals surface area contributed by atoms with Crippen molar-refractivity contribution in [1.29, 1.82) is 0 Å². The fraction of sp³-hybridized carbons (Fsp3) is 0.857. The Kier molecular flexibility index (Phi) is 3.32. The third-order valence-electron chi connectivity index (χ3n) is 1.68. The van der Waals surface area contributed by atoms with Gasteiger partial charge >= 0.3 is 5.97 Å². The molecule has 0 saturated carbocycles. The van der Waals surface area contributed by atoms with Crippen LogP contribution >= 0.6 is 0 Å². The summed E-state index contributed by atoms with van der Waals surface area (Å²) in [4.78, 5) is 11.0. The lowest BCUT2D eigenvalue weighted by molar-refractivity contribution is -0.146. The number of ether oxygens (including phenoxy) is 1. The fourth-order valence-corrected chi connectivity index (χ4v) is 1.13. The summed E-state index contributed by atoms with van der Waals surface area (Å²) in [6.45, 7) is 0.897. The van der Waals surface area contributed by atoms with Gasteiger partial charge in [0.15, 0.2) is 0 Å². The van der Waals surface area contributed by atoms with Crippen LogP contribution in [0.15, 0.2) is 0 Å². The molecule has 0 amide bonds. The molecule has 64 valence electrons. The van der Waals surface area contributed by atoms with Gasteiger partial charge in [-0.2, -0.15) is 0 Å². The van der Waals surface area contributed by atoms with Gasteiger partial charge in [-0.3, -0.25) is 4.79 Å². The molecule has 0 aromatic heterocycles. The number of carbonyl (C=O) groups is 1. The van der Waals surface area contributed by atoms with Gasteiger partial charge in [0.2, 0.25) is 0 Å². The van der Waals surface area contributed by atoms with Crippen molar-refractivity contribution < 1.29 is 14.6 Å². The van der Waals surface area contributed by atoms with E-state index in [0.29, 0.717) is 0 Å². The molecule has 1 unspecified atom stereocenters. The van der Waals surface area contributed by atoms with E-state index in [9.17, 15) is 4.79 Å². The minimum Gasteiger partial charge on any atom is -0.462 e. The molecule has 0 bridgehead atoms. The Bertz CT molecular complexity index is 132. The zero-order valence-corrected chi connectivity index (χ0v) is 6.38. The Labute approximate surface area is 65.5 Å². The summed E-state index contributed by atoms with van der Waals surface area (Å²) in [5, 5.41) is 11.4. The molecule has 2 N–H and O–H groups in total. The predicted molar refractivity (Wildman–Crippen MR) is 39.1 cm³/mol. The van der Waals surface area contributed by atoms with Gasteiger partial charge in [0, 0.05) is 0 Å². The Morgan fingerprint density at radius 3 is 3.09 bits per heavy atom. The number of hydrogen-bond acceptors (Lipinski definition) is 4. The predicted octanol–water partition coefficient (Wildman–Crippen LogP) is -0.726. The van der Waals surface area contributed by atoms with E-state index in [-0.39, 0.29) is 25.2 Å². The van der Waals surface area contributed by atoms with Crippen molar-refractivity contribution >= 4 is 5.97 Å². The third kappa shape index (κ3) is 2.48. The van der Waals surface area contributed by atoms with Crippen LogP contribution in [0, 0.1) is 0 Å². The van der Waals surface area contributed by atoms with Crippen molar-refractivity contribution in [2.24, 2.45) is 0 Å². The Morgan fingerprint density at radius 2 is 2.55 bits per heavy atom. The molecular weight excluding hydrogens is 146 g/mol. The third-order valence-corrected chi connectivity index (χ3v) is 1.68. The Balaban J connectivity index is 2.17. The van der Waals surface area contributed by atoms with Crippen molar-refractivity contribution in [1.82, 2.24) is 5.32 Å². The first kappa shape index (κ1) is 8.49. The van der Waals surface area contributed by atoms with Gasteiger partial charge in [-0.1, -0.05) is 0 Å². The first-order valence-electron chi connectivity index (χ1n) is 3.85. The summed E-state index contributed by atoms with van der Waals surface area (Å²) in [6.07, 6.45) is 1.88. The van der Waals surface area contributed by atoms with Crippen molar-refractivity contribution in [2.75, 3.05) is 19.8 Å². The Morgan fingerprint density at radius 1 is 1.73 bits per heavy atom. The minimum atomic E-state index is -0.239. The summed E-state index contributed by atoms with van der Waals surface area (Å²) in [5.41, 5.74) is 0. The number of rotatable bonds is 3. The number of esters is 1. The molecule has 0 radical (unpaired) electrons. The molecule has 1 heterocycles. The highest BCUT2D eigenvalue weighted by Gasteiger charge is 2.22. The average molecular weight is 159 g/mol. The molecule has 0 spiro atoms. The van der Waals surface area contributed by atoms with Crippen LogP contribution in [0.1, 0.15) is 12.8 Å². The lowest BCUT2D eigenvalue weighted by atomic mass is 10.2. The first-order chi connectivity index (χ1) is 5.34. The van der Waals surface area contributed by atoms with Crippen LogP contribution in [0.2, 0.25) is 0 Å². The van der Waals surface area contributed by atoms with Gasteiger partial charge in [0.05, 0.1) is 6.61 Å². The van der Waals surface area contributed by atoms with Gasteiger partial charge in [-0.15, -0.1) is 0 Å². The highest BCUT2D eigenvalue weighted by molar-refractivity contribution is 5.76. The standard InChI is InChI=1S/C7H13NO3/c9-4-5-11-7(10)6-2-1-3-8-6/h6,8-9H,1-5H2. The molecule has 4 nitrogen and oxygen atoms in total. The molecule has 4 heteroatoms. The summed E-state index contributed by atoms with van der Waals surface area (Å²) >= 11 is 0. The van der Waals surface area contributed by atoms with Gasteiger partial charge < -0.3 is 15.2 Å². The molecular formula is C7H13NO3. The summed E-state index contributed by atoms with van der Waals surface area (Å²) < 4.78 is 4.72. The van der Waals surface area contributed by atoms with Crippen LogP contribution in [0.4, 0.5) is 0 Å². The van der Waals surface area contributed by atoms with Crippen molar-refractivity contribution in [3.8, 4) is 0 Å². The first-order valence-corrected chi connectivity index (χ1v) is 3.85. The topological polar surface area (TPSA) is 58.6 Å². The molecule has 0 aromatic carbocycles. The maximum absolute atomic E-state index is 11.0. The molecule has 1 atom stereocenters. The number of hydrogen-bond donors (Lipinski definition) is 2. The van der Waals surface area contributed by atoms with E-state index in [0.717, 1.165) is 19.4 Å². The number of aliphatic hydroxyl groups is 1. The maximum atomic E-state index is 11.0. The second kappa shape index (κ2) is 4.31. The smallest absolute Gasteiger partial charge is 0.323 e.